The highest BCUT2D eigenvalue weighted by Gasteiger charge is 2.06. The highest BCUT2D eigenvalue weighted by atomic mass is 16.6. The molecule has 0 bridgehead atoms. The minimum absolute atomic E-state index is 0.00131. The van der Waals surface area contributed by atoms with Gasteiger partial charge in [0.05, 0.1) is 4.92 Å². The topological polar surface area (TPSA) is 143 Å². The van der Waals surface area contributed by atoms with Crippen molar-refractivity contribution in [2.24, 2.45) is 0 Å². The largest absolute Gasteiger partial charge is 0.457 e. The van der Waals surface area contributed by atoms with Gasteiger partial charge >= 0.3 is 0 Å². The van der Waals surface area contributed by atoms with Crippen molar-refractivity contribution in [3.05, 3.63) is 70.7 Å². The number of hydrogen-bond acceptors (Lipinski definition) is 8. The van der Waals surface area contributed by atoms with E-state index in [1.807, 2.05) is 6.07 Å². The second-order valence-corrected chi connectivity index (χ2v) is 4.93. The first-order valence-electron chi connectivity index (χ1n) is 7.29. The SMILES string of the molecule is N#CC(=CNc1ccc(Oc2ccc([N+](=O)[O-])cc2)cc1)c1nn[nH]n1. The van der Waals surface area contributed by atoms with Crippen LogP contribution in [-0.2, 0) is 0 Å². The van der Waals surface area contributed by atoms with Gasteiger partial charge in [-0.3, -0.25) is 10.1 Å². The van der Waals surface area contributed by atoms with Gasteiger partial charge in [-0.25, -0.2) is 0 Å². The molecule has 10 nitrogen and oxygen atoms in total. The number of H-pyrrole nitrogens is 1. The number of nitro groups is 1. The van der Waals surface area contributed by atoms with Crippen molar-refractivity contribution in [2.75, 3.05) is 5.32 Å². The first-order chi connectivity index (χ1) is 12.7. The number of allylic oxidation sites excluding steroid dienone is 1. The van der Waals surface area contributed by atoms with E-state index in [0.29, 0.717) is 11.5 Å². The summed E-state index contributed by atoms with van der Waals surface area (Å²) in [6.45, 7) is 0. The third kappa shape index (κ3) is 3.98. The summed E-state index contributed by atoms with van der Waals surface area (Å²) in [6.07, 6.45) is 1.47. The average molecular weight is 349 g/mol. The average Bonchev–Trinajstić information content (AvgIpc) is 3.18. The molecule has 0 saturated heterocycles. The first-order valence-corrected chi connectivity index (χ1v) is 7.29. The number of aromatic nitrogens is 4. The van der Waals surface area contributed by atoms with Crippen molar-refractivity contribution in [3.8, 4) is 17.6 Å². The van der Waals surface area contributed by atoms with Gasteiger partial charge in [0, 0.05) is 24.0 Å². The Bertz CT molecular complexity index is 959. The predicted octanol–water partition coefficient (Wildman–Crippen LogP) is 2.88. The molecular weight excluding hydrogens is 338 g/mol. The molecule has 128 valence electrons. The van der Waals surface area contributed by atoms with E-state index >= 15 is 0 Å². The van der Waals surface area contributed by atoms with Crippen molar-refractivity contribution in [2.45, 2.75) is 0 Å². The number of tetrazole rings is 1. The number of hydrogen-bond donors (Lipinski definition) is 2. The van der Waals surface area contributed by atoms with E-state index in [9.17, 15) is 10.1 Å². The standard InChI is InChI=1S/C16H11N7O3/c17-9-11(16-19-21-22-20-16)10-18-12-1-5-14(6-2-12)26-15-7-3-13(4-8-15)23(24)25/h1-8,10,18H,(H,19,20,21,22). The lowest BCUT2D eigenvalue weighted by Crippen LogP contribution is -1.93. The smallest absolute Gasteiger partial charge is 0.269 e. The molecule has 3 aromatic rings. The minimum Gasteiger partial charge on any atom is -0.457 e. The lowest BCUT2D eigenvalue weighted by Gasteiger charge is -2.07. The maximum absolute atomic E-state index is 10.6. The first kappa shape index (κ1) is 16.6. The monoisotopic (exact) mass is 349 g/mol. The van der Waals surface area contributed by atoms with Crippen molar-refractivity contribution < 1.29 is 9.66 Å². The maximum Gasteiger partial charge on any atom is 0.269 e. The van der Waals surface area contributed by atoms with Crippen LogP contribution in [0, 0.1) is 21.4 Å². The van der Waals surface area contributed by atoms with Crippen LogP contribution in [0.25, 0.3) is 5.57 Å². The lowest BCUT2D eigenvalue weighted by atomic mass is 10.2. The van der Waals surface area contributed by atoms with Crippen molar-refractivity contribution in [3.63, 3.8) is 0 Å². The molecule has 2 N–H and O–H groups in total. The quantitative estimate of drug-likeness (QED) is 0.393. The fraction of sp³-hybridized carbons (Fsp3) is 0. The van der Waals surface area contributed by atoms with Gasteiger partial charge in [0.1, 0.15) is 23.1 Å². The molecule has 0 saturated carbocycles. The van der Waals surface area contributed by atoms with Crippen LogP contribution in [0.4, 0.5) is 11.4 Å². The fourth-order valence-electron chi connectivity index (χ4n) is 1.97. The van der Waals surface area contributed by atoms with Gasteiger partial charge in [-0.2, -0.15) is 10.5 Å². The third-order valence-electron chi connectivity index (χ3n) is 3.23. The Hall–Kier alpha value is -4.26. The molecule has 0 amide bonds. The second-order valence-electron chi connectivity index (χ2n) is 4.93. The molecular formula is C16H11N7O3. The molecule has 0 radical (unpaired) electrons. The van der Waals surface area contributed by atoms with Gasteiger partial charge in [0.2, 0.25) is 5.82 Å². The minimum atomic E-state index is -0.470. The predicted molar refractivity (Wildman–Crippen MR) is 91.0 cm³/mol. The zero-order chi connectivity index (χ0) is 18.4. The number of ether oxygens (including phenoxy) is 1. The Kier molecular flexibility index (Phi) is 4.81. The number of non-ortho nitro benzene ring substituents is 1. The highest BCUT2D eigenvalue weighted by Crippen LogP contribution is 2.25. The summed E-state index contributed by atoms with van der Waals surface area (Å²) >= 11 is 0. The van der Waals surface area contributed by atoms with Crippen LogP contribution in [0.15, 0.2) is 54.7 Å². The Morgan fingerprint density at radius 2 is 1.85 bits per heavy atom. The van der Waals surface area contributed by atoms with E-state index < -0.39 is 4.92 Å². The second kappa shape index (κ2) is 7.54. The Morgan fingerprint density at radius 3 is 2.38 bits per heavy atom. The fourth-order valence-corrected chi connectivity index (χ4v) is 1.97. The van der Waals surface area contributed by atoms with E-state index in [1.165, 1.54) is 30.5 Å². The number of nitrogens with one attached hydrogen (secondary N) is 2. The van der Waals surface area contributed by atoms with E-state index in [1.54, 1.807) is 24.3 Å². The van der Waals surface area contributed by atoms with Crippen LogP contribution in [0.1, 0.15) is 5.82 Å². The normalized spacial score (nSPS) is 10.8. The lowest BCUT2D eigenvalue weighted by molar-refractivity contribution is -0.384. The van der Waals surface area contributed by atoms with Crippen LogP contribution in [0.3, 0.4) is 0 Å². The number of anilines is 1. The number of rotatable bonds is 6. The van der Waals surface area contributed by atoms with Crippen LogP contribution in [-0.4, -0.2) is 25.5 Å². The van der Waals surface area contributed by atoms with Gasteiger partial charge in [-0.05, 0) is 41.6 Å². The zero-order valence-electron chi connectivity index (χ0n) is 13.2. The number of nitriles is 1. The summed E-state index contributed by atoms with van der Waals surface area (Å²) in [4.78, 5) is 10.2. The molecule has 3 rings (SSSR count). The molecule has 2 aromatic carbocycles. The molecule has 0 aliphatic carbocycles. The molecule has 1 aromatic heterocycles. The van der Waals surface area contributed by atoms with E-state index in [0.717, 1.165) is 5.69 Å². The molecule has 0 unspecified atom stereocenters. The number of benzene rings is 2. The van der Waals surface area contributed by atoms with Gasteiger partial charge in [-0.15, -0.1) is 10.2 Å². The molecule has 0 aliphatic heterocycles. The summed E-state index contributed by atoms with van der Waals surface area (Å²) in [5.41, 5.74) is 0.945. The molecule has 0 spiro atoms. The van der Waals surface area contributed by atoms with Gasteiger partial charge in [0.25, 0.3) is 5.69 Å². The molecule has 1 heterocycles. The summed E-state index contributed by atoms with van der Waals surface area (Å²) in [6, 6.07) is 14.7. The number of aromatic amines is 1. The molecule has 10 heteroatoms. The van der Waals surface area contributed by atoms with Crippen LogP contribution in [0.2, 0.25) is 0 Å². The summed E-state index contributed by atoms with van der Waals surface area (Å²) in [5.74, 6) is 1.24. The Morgan fingerprint density at radius 1 is 1.19 bits per heavy atom. The van der Waals surface area contributed by atoms with Crippen molar-refractivity contribution in [1.82, 2.24) is 20.6 Å². The molecule has 0 fully saturated rings. The Labute approximate surface area is 146 Å². The van der Waals surface area contributed by atoms with Crippen LogP contribution < -0.4 is 10.1 Å². The van der Waals surface area contributed by atoms with E-state index in [-0.39, 0.29) is 17.1 Å². The van der Waals surface area contributed by atoms with E-state index in [2.05, 4.69) is 25.9 Å². The summed E-state index contributed by atoms with van der Waals surface area (Å²) in [7, 11) is 0. The molecule has 0 atom stereocenters. The van der Waals surface area contributed by atoms with Crippen LogP contribution in [0.5, 0.6) is 11.5 Å². The molecule has 0 aliphatic rings. The van der Waals surface area contributed by atoms with Crippen LogP contribution >= 0.6 is 0 Å². The van der Waals surface area contributed by atoms with Crippen molar-refractivity contribution in [1.29, 1.82) is 5.26 Å². The van der Waals surface area contributed by atoms with Gasteiger partial charge < -0.3 is 10.1 Å². The number of nitro benzene ring substituents is 1. The van der Waals surface area contributed by atoms with Gasteiger partial charge in [0.15, 0.2) is 0 Å². The summed E-state index contributed by atoms with van der Waals surface area (Å²) < 4.78 is 5.62. The maximum atomic E-state index is 10.6. The zero-order valence-corrected chi connectivity index (χ0v) is 13.2. The third-order valence-corrected chi connectivity index (χ3v) is 3.23. The Balaban J connectivity index is 1.65. The number of nitrogens with zero attached hydrogens (tertiary/aromatic N) is 5. The van der Waals surface area contributed by atoms with E-state index in [4.69, 9.17) is 10.00 Å². The molecule has 26 heavy (non-hydrogen) atoms. The van der Waals surface area contributed by atoms with Gasteiger partial charge in [-0.1, -0.05) is 0 Å². The highest BCUT2D eigenvalue weighted by molar-refractivity contribution is 5.74. The van der Waals surface area contributed by atoms with Crippen molar-refractivity contribution >= 4 is 16.9 Å². The summed E-state index contributed by atoms with van der Waals surface area (Å²) in [5, 5.41) is 35.8.